The van der Waals surface area contributed by atoms with Gasteiger partial charge in [-0.2, -0.15) is 0 Å². The van der Waals surface area contributed by atoms with Crippen LogP contribution >= 0.6 is 0 Å². The molecular formula is C13H27N3O. The van der Waals surface area contributed by atoms with Crippen molar-refractivity contribution in [3.63, 3.8) is 0 Å². The first-order valence-electron chi connectivity index (χ1n) is 6.62. The first-order chi connectivity index (χ1) is 8.02. The normalized spacial score (nSPS) is 19.4. The first kappa shape index (κ1) is 14.5. The molecule has 1 aliphatic rings. The van der Waals surface area contributed by atoms with Gasteiger partial charge in [-0.3, -0.25) is 4.79 Å². The number of amides is 1. The minimum atomic E-state index is -0.265. The summed E-state index contributed by atoms with van der Waals surface area (Å²) in [5, 5.41) is 0. The van der Waals surface area contributed by atoms with Gasteiger partial charge < -0.3 is 15.5 Å². The predicted molar refractivity (Wildman–Crippen MR) is 70.8 cm³/mol. The molecule has 1 amide bonds. The van der Waals surface area contributed by atoms with Crippen molar-refractivity contribution in [1.29, 1.82) is 0 Å². The molecule has 1 fully saturated rings. The smallest absolute Gasteiger partial charge is 0.229 e. The van der Waals surface area contributed by atoms with Crippen LogP contribution in [0.5, 0.6) is 0 Å². The molecule has 0 aliphatic heterocycles. The second-order valence-corrected chi connectivity index (χ2v) is 5.58. The fourth-order valence-corrected chi connectivity index (χ4v) is 2.59. The molecule has 0 aromatic carbocycles. The Kier molecular flexibility index (Phi) is 5.40. The van der Waals surface area contributed by atoms with E-state index in [0.717, 1.165) is 38.8 Å². The Morgan fingerprint density at radius 3 is 2.18 bits per heavy atom. The monoisotopic (exact) mass is 241 g/mol. The predicted octanol–water partition coefficient (Wildman–Crippen LogP) is 0.916. The van der Waals surface area contributed by atoms with Gasteiger partial charge in [0.15, 0.2) is 0 Å². The van der Waals surface area contributed by atoms with Gasteiger partial charge in [0.1, 0.15) is 0 Å². The Balaban J connectivity index is 2.58. The summed E-state index contributed by atoms with van der Waals surface area (Å²) in [6, 6.07) is 0. The molecule has 0 unspecified atom stereocenters. The van der Waals surface area contributed by atoms with Crippen molar-refractivity contribution in [2.24, 2.45) is 11.1 Å². The lowest BCUT2D eigenvalue weighted by Gasteiger charge is -2.38. The van der Waals surface area contributed by atoms with Gasteiger partial charge in [-0.1, -0.05) is 19.3 Å². The maximum absolute atomic E-state index is 12.5. The summed E-state index contributed by atoms with van der Waals surface area (Å²) < 4.78 is 0. The number of likely N-dealkylation sites (N-methyl/N-ethyl adjacent to an activating group) is 2. The second-order valence-electron chi connectivity index (χ2n) is 5.58. The Hall–Kier alpha value is -0.610. The summed E-state index contributed by atoms with van der Waals surface area (Å²) in [6.07, 6.45) is 5.47. The van der Waals surface area contributed by atoms with Crippen LogP contribution in [0.1, 0.15) is 32.1 Å². The van der Waals surface area contributed by atoms with Crippen LogP contribution < -0.4 is 5.73 Å². The van der Waals surface area contributed by atoms with Gasteiger partial charge in [0.2, 0.25) is 5.91 Å². The minimum absolute atomic E-state index is 0.251. The van der Waals surface area contributed by atoms with Crippen LogP contribution in [0.25, 0.3) is 0 Å². The molecule has 0 spiro atoms. The van der Waals surface area contributed by atoms with Crippen LogP contribution in [0.3, 0.4) is 0 Å². The molecular weight excluding hydrogens is 214 g/mol. The highest BCUT2D eigenvalue weighted by molar-refractivity contribution is 5.82. The summed E-state index contributed by atoms with van der Waals surface area (Å²) in [5.74, 6) is 0.251. The van der Waals surface area contributed by atoms with Crippen molar-refractivity contribution in [3.8, 4) is 0 Å². The number of nitrogens with two attached hydrogens (primary N) is 1. The SMILES string of the molecule is CN(C)CCN(C)C(=O)C1(CN)CCCCC1. The fourth-order valence-electron chi connectivity index (χ4n) is 2.59. The number of hydrogen-bond acceptors (Lipinski definition) is 3. The standard InChI is InChI=1S/C13H27N3O/c1-15(2)9-10-16(3)12(17)13(11-14)7-5-4-6-8-13/h4-11,14H2,1-3H3. The molecule has 4 heteroatoms. The van der Waals surface area contributed by atoms with Gasteiger partial charge in [0.05, 0.1) is 5.41 Å². The zero-order valence-corrected chi connectivity index (χ0v) is 11.5. The van der Waals surface area contributed by atoms with Crippen molar-refractivity contribution in [2.45, 2.75) is 32.1 Å². The third-order valence-corrected chi connectivity index (χ3v) is 3.88. The average molecular weight is 241 g/mol. The molecule has 0 bridgehead atoms. The number of rotatable bonds is 5. The Morgan fingerprint density at radius 1 is 1.12 bits per heavy atom. The molecule has 100 valence electrons. The topological polar surface area (TPSA) is 49.6 Å². The van der Waals surface area contributed by atoms with Crippen molar-refractivity contribution >= 4 is 5.91 Å². The quantitative estimate of drug-likeness (QED) is 0.778. The van der Waals surface area contributed by atoms with E-state index in [0.29, 0.717) is 6.54 Å². The molecule has 4 nitrogen and oxygen atoms in total. The van der Waals surface area contributed by atoms with Crippen molar-refractivity contribution in [3.05, 3.63) is 0 Å². The first-order valence-corrected chi connectivity index (χ1v) is 6.62. The van der Waals surface area contributed by atoms with Gasteiger partial charge in [0, 0.05) is 26.7 Å². The summed E-state index contributed by atoms with van der Waals surface area (Å²) >= 11 is 0. The maximum Gasteiger partial charge on any atom is 0.229 e. The van der Waals surface area contributed by atoms with Gasteiger partial charge >= 0.3 is 0 Å². The molecule has 0 heterocycles. The molecule has 0 atom stereocenters. The van der Waals surface area contributed by atoms with Gasteiger partial charge in [-0.05, 0) is 26.9 Å². The van der Waals surface area contributed by atoms with Crippen molar-refractivity contribution in [2.75, 3.05) is 40.8 Å². The highest BCUT2D eigenvalue weighted by Gasteiger charge is 2.39. The van der Waals surface area contributed by atoms with Gasteiger partial charge in [0.25, 0.3) is 0 Å². The van der Waals surface area contributed by atoms with E-state index in [1.807, 2.05) is 26.0 Å². The Labute approximate surface area is 105 Å². The highest BCUT2D eigenvalue weighted by Crippen LogP contribution is 2.36. The van der Waals surface area contributed by atoms with Gasteiger partial charge in [-0.15, -0.1) is 0 Å². The molecule has 0 aromatic heterocycles. The Bertz CT molecular complexity index is 247. The molecule has 1 rings (SSSR count). The number of carbonyl (C=O) groups is 1. The third-order valence-electron chi connectivity index (χ3n) is 3.88. The lowest BCUT2D eigenvalue weighted by atomic mass is 9.73. The van der Waals surface area contributed by atoms with E-state index in [9.17, 15) is 4.79 Å². The van der Waals surface area contributed by atoms with E-state index in [1.54, 1.807) is 0 Å². The van der Waals surface area contributed by atoms with E-state index in [4.69, 9.17) is 5.73 Å². The zero-order chi connectivity index (χ0) is 12.9. The van der Waals surface area contributed by atoms with Crippen LogP contribution in [0.15, 0.2) is 0 Å². The van der Waals surface area contributed by atoms with Crippen molar-refractivity contribution < 1.29 is 4.79 Å². The molecule has 2 N–H and O–H groups in total. The number of hydrogen-bond donors (Lipinski definition) is 1. The maximum atomic E-state index is 12.5. The summed E-state index contributed by atoms with van der Waals surface area (Å²) in [6.45, 7) is 2.19. The van der Waals surface area contributed by atoms with Crippen LogP contribution in [0.2, 0.25) is 0 Å². The van der Waals surface area contributed by atoms with Crippen LogP contribution in [0.4, 0.5) is 0 Å². The lowest BCUT2D eigenvalue weighted by molar-refractivity contribution is -0.142. The minimum Gasteiger partial charge on any atom is -0.344 e. The van der Waals surface area contributed by atoms with E-state index < -0.39 is 0 Å². The summed E-state index contributed by atoms with van der Waals surface area (Å²) in [7, 11) is 5.95. The van der Waals surface area contributed by atoms with E-state index in [1.165, 1.54) is 6.42 Å². The molecule has 0 aromatic rings. The average Bonchev–Trinajstić information content (AvgIpc) is 2.35. The molecule has 0 saturated heterocycles. The molecule has 17 heavy (non-hydrogen) atoms. The van der Waals surface area contributed by atoms with Crippen molar-refractivity contribution in [1.82, 2.24) is 9.80 Å². The Morgan fingerprint density at radius 2 is 1.71 bits per heavy atom. The summed E-state index contributed by atoms with van der Waals surface area (Å²) in [4.78, 5) is 16.4. The van der Waals surface area contributed by atoms with Gasteiger partial charge in [-0.25, -0.2) is 0 Å². The highest BCUT2D eigenvalue weighted by atomic mass is 16.2. The molecule has 1 aliphatic carbocycles. The van der Waals surface area contributed by atoms with E-state index >= 15 is 0 Å². The van der Waals surface area contributed by atoms with Crippen LogP contribution in [-0.4, -0.2) is 56.5 Å². The van der Waals surface area contributed by atoms with E-state index in [-0.39, 0.29) is 11.3 Å². The number of nitrogens with zero attached hydrogens (tertiary/aromatic N) is 2. The summed E-state index contributed by atoms with van der Waals surface area (Å²) in [5.41, 5.74) is 5.61. The van der Waals surface area contributed by atoms with Crippen LogP contribution in [-0.2, 0) is 4.79 Å². The zero-order valence-electron chi connectivity index (χ0n) is 11.5. The lowest BCUT2D eigenvalue weighted by Crippen LogP contribution is -2.49. The van der Waals surface area contributed by atoms with Crippen LogP contribution in [0, 0.1) is 5.41 Å². The fraction of sp³-hybridized carbons (Fsp3) is 0.923. The number of carbonyl (C=O) groups excluding carboxylic acids is 1. The molecule has 0 radical (unpaired) electrons. The largest absolute Gasteiger partial charge is 0.344 e. The third kappa shape index (κ3) is 3.68. The second kappa shape index (κ2) is 6.36. The molecule has 1 saturated carbocycles. The van der Waals surface area contributed by atoms with E-state index in [2.05, 4.69) is 4.90 Å².